The maximum atomic E-state index is 12.7. The van der Waals surface area contributed by atoms with E-state index in [0.717, 1.165) is 28.7 Å². The summed E-state index contributed by atoms with van der Waals surface area (Å²) < 4.78 is 1.75. The van der Waals surface area contributed by atoms with Crippen molar-refractivity contribution in [1.29, 1.82) is 0 Å². The van der Waals surface area contributed by atoms with Gasteiger partial charge in [0.15, 0.2) is 5.78 Å². The molecule has 0 saturated heterocycles. The van der Waals surface area contributed by atoms with Gasteiger partial charge in [0, 0.05) is 11.4 Å². The van der Waals surface area contributed by atoms with Gasteiger partial charge < -0.3 is 4.98 Å². The first kappa shape index (κ1) is 15.3. The number of hydrogen-bond acceptors (Lipinski definition) is 3. The minimum Gasteiger partial charge on any atom is -0.322 e. The highest BCUT2D eigenvalue weighted by atomic mass is 35.5. The Kier molecular flexibility index (Phi) is 3.43. The maximum absolute atomic E-state index is 12.7. The second-order valence-electron chi connectivity index (χ2n) is 6.58. The van der Waals surface area contributed by atoms with Crippen molar-refractivity contribution in [2.75, 3.05) is 0 Å². The summed E-state index contributed by atoms with van der Waals surface area (Å²) in [5.41, 5.74) is 4.48. The van der Waals surface area contributed by atoms with Crippen LogP contribution in [-0.2, 0) is 6.42 Å². The monoisotopic (exact) mass is 362 g/mol. The van der Waals surface area contributed by atoms with E-state index in [4.69, 9.17) is 11.6 Å². The Morgan fingerprint density at radius 2 is 2.00 bits per heavy atom. The fourth-order valence-electron chi connectivity index (χ4n) is 3.66. The van der Waals surface area contributed by atoms with E-state index in [1.165, 1.54) is 0 Å². The van der Waals surface area contributed by atoms with Crippen molar-refractivity contribution in [1.82, 2.24) is 19.7 Å². The zero-order chi connectivity index (χ0) is 17.7. The first-order valence-corrected chi connectivity index (χ1v) is 8.87. The molecule has 0 saturated carbocycles. The number of carbonyl (C=O) groups excluding carboxylic acids is 1. The summed E-state index contributed by atoms with van der Waals surface area (Å²) in [5, 5.41) is 5.12. The first-order chi connectivity index (χ1) is 12.7. The third kappa shape index (κ3) is 2.44. The molecule has 0 amide bonds. The molecule has 128 valence electrons. The molecule has 26 heavy (non-hydrogen) atoms. The summed E-state index contributed by atoms with van der Waals surface area (Å²) >= 11 is 6.13. The number of nitrogens with one attached hydrogen (secondary N) is 1. The summed E-state index contributed by atoms with van der Waals surface area (Å²) in [6.07, 6.45) is 2.84. The summed E-state index contributed by atoms with van der Waals surface area (Å²) in [6, 6.07) is 15.6. The number of Topliss-reactive ketones (excluding diaryl/α,β-unsaturated/α-hetero) is 1. The summed E-state index contributed by atoms with van der Waals surface area (Å²) in [4.78, 5) is 20.6. The van der Waals surface area contributed by atoms with Crippen LogP contribution in [0.4, 0.5) is 0 Å². The standard InChI is InChI=1S/C20H15ClN4O/c21-14-5-3-4-12(8-14)13-9-18-15(19(26)10-13)11-22-25(18)20-23-16-6-1-2-7-17(16)24-20/h1-8,11,13H,9-10H2,(H,23,24)/t13-/m0/s1. The molecule has 0 radical (unpaired) electrons. The number of aromatic nitrogens is 4. The number of rotatable bonds is 2. The number of benzene rings is 2. The van der Waals surface area contributed by atoms with Gasteiger partial charge in [-0.2, -0.15) is 5.10 Å². The second-order valence-corrected chi connectivity index (χ2v) is 7.01. The number of halogens is 1. The lowest BCUT2D eigenvalue weighted by molar-refractivity contribution is 0.0963. The third-order valence-electron chi connectivity index (χ3n) is 4.94. The summed E-state index contributed by atoms with van der Waals surface area (Å²) in [6.45, 7) is 0. The first-order valence-electron chi connectivity index (χ1n) is 8.50. The molecule has 1 aliphatic carbocycles. The van der Waals surface area contributed by atoms with Crippen LogP contribution in [0, 0.1) is 0 Å². The fourth-order valence-corrected chi connectivity index (χ4v) is 3.86. The molecule has 1 atom stereocenters. The van der Waals surface area contributed by atoms with E-state index >= 15 is 0 Å². The highest BCUT2D eigenvalue weighted by molar-refractivity contribution is 6.30. The van der Waals surface area contributed by atoms with E-state index in [0.29, 0.717) is 23.0 Å². The van der Waals surface area contributed by atoms with Gasteiger partial charge in [-0.3, -0.25) is 4.79 Å². The van der Waals surface area contributed by atoms with Crippen molar-refractivity contribution in [3.8, 4) is 5.95 Å². The molecular weight excluding hydrogens is 348 g/mol. The lowest BCUT2D eigenvalue weighted by atomic mass is 9.82. The lowest BCUT2D eigenvalue weighted by Crippen LogP contribution is -2.20. The van der Waals surface area contributed by atoms with Crippen LogP contribution in [0.5, 0.6) is 0 Å². The van der Waals surface area contributed by atoms with Gasteiger partial charge >= 0.3 is 0 Å². The SMILES string of the molecule is O=C1C[C@@H](c2cccc(Cl)c2)Cc2c1cnn2-c1nc2ccccc2[nH]1. The van der Waals surface area contributed by atoms with Crippen molar-refractivity contribution in [2.45, 2.75) is 18.8 Å². The van der Waals surface area contributed by atoms with E-state index in [1.54, 1.807) is 10.9 Å². The number of nitrogens with zero attached hydrogens (tertiary/aromatic N) is 3. The molecule has 2 heterocycles. The van der Waals surface area contributed by atoms with Crippen LogP contribution in [-0.4, -0.2) is 25.5 Å². The zero-order valence-corrected chi connectivity index (χ0v) is 14.6. The van der Waals surface area contributed by atoms with Crippen molar-refractivity contribution < 1.29 is 4.79 Å². The van der Waals surface area contributed by atoms with Crippen molar-refractivity contribution in [2.24, 2.45) is 0 Å². The Morgan fingerprint density at radius 3 is 2.85 bits per heavy atom. The largest absolute Gasteiger partial charge is 0.322 e. The molecule has 5 rings (SSSR count). The Bertz CT molecular complexity index is 1110. The molecule has 0 spiro atoms. The number of carbonyl (C=O) groups is 1. The number of ketones is 1. The van der Waals surface area contributed by atoms with Crippen molar-refractivity contribution >= 4 is 28.4 Å². The van der Waals surface area contributed by atoms with E-state index in [9.17, 15) is 4.79 Å². The van der Waals surface area contributed by atoms with E-state index in [2.05, 4.69) is 15.1 Å². The average Bonchev–Trinajstić information content (AvgIpc) is 3.25. The van der Waals surface area contributed by atoms with E-state index in [-0.39, 0.29) is 11.7 Å². The lowest BCUT2D eigenvalue weighted by Gasteiger charge is -2.22. The topological polar surface area (TPSA) is 63.6 Å². The smallest absolute Gasteiger partial charge is 0.229 e. The van der Waals surface area contributed by atoms with Crippen LogP contribution in [0.15, 0.2) is 54.7 Å². The predicted octanol–water partition coefficient (Wildman–Crippen LogP) is 4.31. The number of fused-ring (bicyclic) bond motifs is 2. The van der Waals surface area contributed by atoms with Gasteiger partial charge in [0.1, 0.15) is 0 Å². The molecule has 0 aliphatic heterocycles. The molecule has 2 aromatic carbocycles. The normalized spacial score (nSPS) is 16.8. The molecule has 0 bridgehead atoms. The van der Waals surface area contributed by atoms with Crippen LogP contribution >= 0.6 is 11.6 Å². The van der Waals surface area contributed by atoms with Gasteiger partial charge in [-0.05, 0) is 42.2 Å². The highest BCUT2D eigenvalue weighted by Crippen LogP contribution is 2.34. The number of para-hydroxylation sites is 2. The Hall–Kier alpha value is -2.92. The highest BCUT2D eigenvalue weighted by Gasteiger charge is 2.30. The van der Waals surface area contributed by atoms with Gasteiger partial charge in [0.2, 0.25) is 5.95 Å². The fraction of sp³-hybridized carbons (Fsp3) is 0.150. The summed E-state index contributed by atoms with van der Waals surface area (Å²) in [7, 11) is 0. The van der Waals surface area contributed by atoms with Crippen LogP contribution < -0.4 is 0 Å². The number of imidazole rings is 1. The molecular formula is C20H15ClN4O. The molecule has 0 unspecified atom stereocenters. The Balaban J connectivity index is 1.59. The maximum Gasteiger partial charge on any atom is 0.229 e. The molecule has 6 heteroatoms. The minimum absolute atomic E-state index is 0.0912. The van der Waals surface area contributed by atoms with Crippen LogP contribution in [0.25, 0.3) is 17.0 Å². The average molecular weight is 363 g/mol. The van der Waals surface area contributed by atoms with Gasteiger partial charge in [0.05, 0.1) is 28.5 Å². The number of aromatic amines is 1. The molecule has 1 aliphatic rings. The van der Waals surface area contributed by atoms with Gasteiger partial charge in [-0.15, -0.1) is 0 Å². The van der Waals surface area contributed by atoms with Gasteiger partial charge in [0.25, 0.3) is 0 Å². The zero-order valence-electron chi connectivity index (χ0n) is 13.8. The minimum atomic E-state index is 0.0912. The van der Waals surface area contributed by atoms with Gasteiger partial charge in [-0.1, -0.05) is 35.9 Å². The van der Waals surface area contributed by atoms with Crippen LogP contribution in [0.1, 0.15) is 34.0 Å². The number of H-pyrrole nitrogens is 1. The third-order valence-corrected chi connectivity index (χ3v) is 5.17. The molecule has 0 fully saturated rings. The van der Waals surface area contributed by atoms with E-state index < -0.39 is 0 Å². The van der Waals surface area contributed by atoms with Crippen molar-refractivity contribution in [3.63, 3.8) is 0 Å². The molecule has 5 nitrogen and oxygen atoms in total. The number of hydrogen-bond donors (Lipinski definition) is 1. The summed E-state index contributed by atoms with van der Waals surface area (Å²) in [5.74, 6) is 0.833. The quantitative estimate of drug-likeness (QED) is 0.577. The molecule has 2 aromatic heterocycles. The second kappa shape index (κ2) is 5.81. The Morgan fingerprint density at radius 1 is 1.12 bits per heavy atom. The van der Waals surface area contributed by atoms with Crippen molar-refractivity contribution in [3.05, 3.63) is 76.6 Å². The van der Waals surface area contributed by atoms with Crippen LogP contribution in [0.2, 0.25) is 5.02 Å². The predicted molar refractivity (Wildman–Crippen MR) is 100 cm³/mol. The Labute approximate surface area is 154 Å². The molecule has 4 aromatic rings. The van der Waals surface area contributed by atoms with Gasteiger partial charge in [-0.25, -0.2) is 9.67 Å². The van der Waals surface area contributed by atoms with Crippen LogP contribution in [0.3, 0.4) is 0 Å². The molecule has 1 N–H and O–H groups in total. The van der Waals surface area contributed by atoms with E-state index in [1.807, 2.05) is 48.5 Å².